The highest BCUT2D eigenvalue weighted by atomic mass is 16.5. The molecule has 0 unspecified atom stereocenters. The van der Waals surface area contributed by atoms with Crippen molar-refractivity contribution in [1.82, 2.24) is 0 Å². The number of aryl methyl sites for hydroxylation is 2. The Morgan fingerprint density at radius 3 is 2.24 bits per heavy atom. The number of hydrogen-bond donors (Lipinski definition) is 1. The largest absolute Gasteiger partial charge is 0.490 e. The van der Waals surface area contributed by atoms with Crippen LogP contribution in [0.3, 0.4) is 0 Å². The number of rotatable bonds is 5. The number of nitrogens with two attached hydrogens (primary N) is 1. The highest BCUT2D eigenvalue weighted by Crippen LogP contribution is 2.36. The molecule has 0 aliphatic heterocycles. The zero-order valence-corrected chi connectivity index (χ0v) is 13.2. The van der Waals surface area contributed by atoms with Crippen LogP contribution in [0.1, 0.15) is 25.0 Å². The predicted molar refractivity (Wildman–Crippen MR) is 88.1 cm³/mol. The summed E-state index contributed by atoms with van der Waals surface area (Å²) in [5.41, 5.74) is 11.4. The summed E-state index contributed by atoms with van der Waals surface area (Å²) in [6, 6.07) is 10.2. The lowest BCUT2D eigenvalue weighted by Crippen LogP contribution is -1.99. The number of ether oxygens (including phenoxy) is 2. The molecular weight excluding hydrogens is 262 g/mol. The molecule has 0 radical (unpaired) electrons. The van der Waals surface area contributed by atoms with Gasteiger partial charge < -0.3 is 15.2 Å². The lowest BCUT2D eigenvalue weighted by molar-refractivity contribution is 0.288. The predicted octanol–water partition coefficient (Wildman–Crippen LogP) is 4.35. The lowest BCUT2D eigenvalue weighted by atomic mass is 9.98. The summed E-state index contributed by atoms with van der Waals surface area (Å²) in [5, 5.41) is 0. The van der Waals surface area contributed by atoms with Gasteiger partial charge in [0.15, 0.2) is 11.5 Å². The monoisotopic (exact) mass is 285 g/mol. The van der Waals surface area contributed by atoms with Crippen molar-refractivity contribution in [2.45, 2.75) is 27.7 Å². The van der Waals surface area contributed by atoms with Crippen LogP contribution in [0.15, 0.2) is 30.3 Å². The second-order valence-corrected chi connectivity index (χ2v) is 5.07. The van der Waals surface area contributed by atoms with Crippen molar-refractivity contribution in [1.29, 1.82) is 0 Å². The minimum Gasteiger partial charge on any atom is -0.490 e. The summed E-state index contributed by atoms with van der Waals surface area (Å²) in [4.78, 5) is 0. The van der Waals surface area contributed by atoms with E-state index in [1.165, 1.54) is 5.56 Å². The molecule has 0 heterocycles. The van der Waals surface area contributed by atoms with E-state index < -0.39 is 0 Å². The minimum absolute atomic E-state index is 0.603. The molecule has 0 amide bonds. The molecule has 3 nitrogen and oxygen atoms in total. The van der Waals surface area contributed by atoms with Crippen LogP contribution in [-0.4, -0.2) is 13.2 Å². The molecule has 3 heteroatoms. The summed E-state index contributed by atoms with van der Waals surface area (Å²) in [6.45, 7) is 9.26. The maximum atomic E-state index is 6.23. The molecule has 0 aliphatic carbocycles. The summed E-state index contributed by atoms with van der Waals surface area (Å²) in [6.07, 6.45) is 0. The third-order valence-electron chi connectivity index (χ3n) is 3.39. The Balaban J connectivity index is 2.52. The second-order valence-electron chi connectivity index (χ2n) is 5.07. The van der Waals surface area contributed by atoms with Gasteiger partial charge in [0.25, 0.3) is 0 Å². The Hall–Kier alpha value is -2.16. The van der Waals surface area contributed by atoms with Crippen LogP contribution < -0.4 is 15.2 Å². The zero-order valence-electron chi connectivity index (χ0n) is 13.2. The van der Waals surface area contributed by atoms with E-state index in [0.717, 1.165) is 33.9 Å². The molecule has 0 fully saturated rings. The first-order chi connectivity index (χ1) is 10.1. The second kappa shape index (κ2) is 6.53. The topological polar surface area (TPSA) is 44.5 Å². The van der Waals surface area contributed by atoms with E-state index in [2.05, 4.69) is 19.1 Å². The molecular formula is C18H23NO2. The van der Waals surface area contributed by atoms with E-state index in [4.69, 9.17) is 15.2 Å². The van der Waals surface area contributed by atoms with Gasteiger partial charge in [-0.3, -0.25) is 0 Å². The SMILES string of the molecule is CCOc1ccc(-c2cc(C)cc(C)c2N)cc1OCC. The standard InChI is InChI=1S/C18H23NO2/c1-5-20-16-8-7-14(11-17(16)21-6-2)15-10-12(3)9-13(4)18(15)19/h7-11H,5-6,19H2,1-4H3. The van der Waals surface area contributed by atoms with Crippen LogP contribution in [-0.2, 0) is 0 Å². The van der Waals surface area contributed by atoms with Crippen molar-refractivity contribution in [3.63, 3.8) is 0 Å². The Bertz CT molecular complexity index is 635. The van der Waals surface area contributed by atoms with Crippen molar-refractivity contribution < 1.29 is 9.47 Å². The van der Waals surface area contributed by atoms with E-state index in [1.807, 2.05) is 39.0 Å². The first kappa shape index (κ1) is 15.2. The average Bonchev–Trinajstić information content (AvgIpc) is 2.45. The molecule has 0 saturated heterocycles. The molecule has 0 spiro atoms. The molecule has 0 aromatic heterocycles. The quantitative estimate of drug-likeness (QED) is 0.831. The maximum Gasteiger partial charge on any atom is 0.161 e. The van der Waals surface area contributed by atoms with Crippen molar-refractivity contribution in [2.75, 3.05) is 18.9 Å². The third kappa shape index (κ3) is 3.30. The number of anilines is 1. The van der Waals surface area contributed by atoms with Gasteiger partial charge in [-0.1, -0.05) is 17.7 Å². The molecule has 0 atom stereocenters. The molecule has 2 rings (SSSR count). The van der Waals surface area contributed by atoms with Gasteiger partial charge in [-0.15, -0.1) is 0 Å². The summed E-state index contributed by atoms with van der Waals surface area (Å²) in [7, 11) is 0. The molecule has 0 bridgehead atoms. The van der Waals surface area contributed by atoms with Gasteiger partial charge in [0.05, 0.1) is 13.2 Å². The van der Waals surface area contributed by atoms with Crippen LogP contribution >= 0.6 is 0 Å². The molecule has 0 saturated carbocycles. The molecule has 2 N–H and O–H groups in total. The van der Waals surface area contributed by atoms with Gasteiger partial charge in [-0.25, -0.2) is 0 Å². The molecule has 2 aromatic rings. The first-order valence-corrected chi connectivity index (χ1v) is 7.33. The van der Waals surface area contributed by atoms with Gasteiger partial charge in [0.2, 0.25) is 0 Å². The molecule has 112 valence electrons. The third-order valence-corrected chi connectivity index (χ3v) is 3.39. The summed E-state index contributed by atoms with van der Waals surface area (Å²) >= 11 is 0. The fourth-order valence-corrected chi connectivity index (χ4v) is 2.44. The van der Waals surface area contributed by atoms with Crippen LogP contribution in [0.5, 0.6) is 11.5 Å². The fraction of sp³-hybridized carbons (Fsp3) is 0.333. The van der Waals surface area contributed by atoms with E-state index in [9.17, 15) is 0 Å². The van der Waals surface area contributed by atoms with Crippen molar-refractivity contribution in [3.8, 4) is 22.6 Å². The smallest absolute Gasteiger partial charge is 0.161 e. The van der Waals surface area contributed by atoms with Gasteiger partial charge in [0.1, 0.15) is 0 Å². The minimum atomic E-state index is 0.603. The fourth-order valence-electron chi connectivity index (χ4n) is 2.44. The molecule has 2 aromatic carbocycles. The Labute approximate surface area is 126 Å². The average molecular weight is 285 g/mol. The maximum absolute atomic E-state index is 6.23. The number of nitrogen functional groups attached to an aromatic ring is 1. The summed E-state index contributed by atoms with van der Waals surface area (Å²) in [5.74, 6) is 1.53. The lowest BCUT2D eigenvalue weighted by Gasteiger charge is -2.15. The van der Waals surface area contributed by atoms with Crippen molar-refractivity contribution in [2.24, 2.45) is 0 Å². The molecule has 21 heavy (non-hydrogen) atoms. The van der Waals surface area contributed by atoms with Crippen LogP contribution in [0.4, 0.5) is 5.69 Å². The van der Waals surface area contributed by atoms with Gasteiger partial charge in [-0.05, 0) is 57.0 Å². The van der Waals surface area contributed by atoms with Gasteiger partial charge in [-0.2, -0.15) is 0 Å². The van der Waals surface area contributed by atoms with E-state index >= 15 is 0 Å². The number of hydrogen-bond acceptors (Lipinski definition) is 3. The van der Waals surface area contributed by atoms with E-state index in [-0.39, 0.29) is 0 Å². The van der Waals surface area contributed by atoms with Crippen molar-refractivity contribution >= 4 is 5.69 Å². The van der Waals surface area contributed by atoms with E-state index in [0.29, 0.717) is 13.2 Å². The van der Waals surface area contributed by atoms with Crippen LogP contribution in [0.25, 0.3) is 11.1 Å². The van der Waals surface area contributed by atoms with E-state index in [1.54, 1.807) is 0 Å². The number of benzene rings is 2. The highest BCUT2D eigenvalue weighted by Gasteiger charge is 2.11. The summed E-state index contributed by atoms with van der Waals surface area (Å²) < 4.78 is 11.3. The van der Waals surface area contributed by atoms with Crippen molar-refractivity contribution in [3.05, 3.63) is 41.5 Å². The van der Waals surface area contributed by atoms with Crippen LogP contribution in [0.2, 0.25) is 0 Å². The van der Waals surface area contributed by atoms with Gasteiger partial charge in [0, 0.05) is 11.3 Å². The Morgan fingerprint density at radius 1 is 0.905 bits per heavy atom. The highest BCUT2D eigenvalue weighted by molar-refractivity contribution is 5.80. The Kier molecular flexibility index (Phi) is 4.73. The van der Waals surface area contributed by atoms with Gasteiger partial charge >= 0.3 is 0 Å². The molecule has 0 aliphatic rings. The zero-order chi connectivity index (χ0) is 15.4. The van der Waals surface area contributed by atoms with Crippen LogP contribution in [0, 0.1) is 13.8 Å². The first-order valence-electron chi connectivity index (χ1n) is 7.33. The Morgan fingerprint density at radius 2 is 1.57 bits per heavy atom. The normalized spacial score (nSPS) is 10.5.